The second-order valence-corrected chi connectivity index (χ2v) is 11.5. The highest BCUT2D eigenvalue weighted by Gasteiger charge is 2.34. The molecule has 212 valence electrons. The lowest BCUT2D eigenvalue weighted by Crippen LogP contribution is -2.14. The van der Waals surface area contributed by atoms with Crippen molar-refractivity contribution in [3.63, 3.8) is 0 Å². The molecule has 0 saturated heterocycles. The third-order valence-electron chi connectivity index (χ3n) is 5.80. The van der Waals surface area contributed by atoms with Crippen LogP contribution in [-0.2, 0) is 16.1 Å². The Balaban J connectivity index is 1.67. The van der Waals surface area contributed by atoms with Crippen molar-refractivity contribution in [3.8, 4) is 11.5 Å². The van der Waals surface area contributed by atoms with Crippen molar-refractivity contribution >= 4 is 68.9 Å². The molecule has 1 aliphatic heterocycles. The lowest BCUT2D eigenvalue weighted by atomic mass is 10.1. The van der Waals surface area contributed by atoms with Gasteiger partial charge >= 0.3 is 5.97 Å². The predicted octanol–water partition coefficient (Wildman–Crippen LogP) is 7.93. The Hall–Kier alpha value is -3.28. The van der Waals surface area contributed by atoms with Gasteiger partial charge in [-0.15, -0.1) is 0 Å². The van der Waals surface area contributed by atoms with Crippen LogP contribution >= 0.6 is 46.0 Å². The lowest BCUT2D eigenvalue weighted by Gasteiger charge is -2.15. The van der Waals surface area contributed by atoms with E-state index < -0.39 is 11.9 Å². The van der Waals surface area contributed by atoms with Crippen LogP contribution in [-0.4, -0.2) is 35.2 Å². The first-order valence-electron chi connectivity index (χ1n) is 12.7. The zero-order chi connectivity index (χ0) is 29.5. The van der Waals surface area contributed by atoms with Crippen LogP contribution in [0.15, 0.2) is 81.9 Å². The van der Waals surface area contributed by atoms with Crippen LogP contribution in [0.3, 0.4) is 0 Å². The fourth-order valence-corrected chi connectivity index (χ4v) is 5.73. The van der Waals surface area contributed by atoms with Crippen molar-refractivity contribution in [1.82, 2.24) is 0 Å². The molecule has 0 spiro atoms. The molecule has 0 aromatic heterocycles. The van der Waals surface area contributed by atoms with Crippen LogP contribution in [0.4, 0.5) is 0 Å². The Morgan fingerprint density at radius 1 is 1.02 bits per heavy atom. The van der Waals surface area contributed by atoms with Gasteiger partial charge in [0.1, 0.15) is 23.0 Å². The molecule has 0 fully saturated rings. The topological polar surface area (TPSA) is 94.4 Å². The zero-order valence-electron chi connectivity index (χ0n) is 22.6. The number of aliphatic hydroxyl groups is 1. The molecule has 41 heavy (non-hydrogen) atoms. The molecule has 3 aromatic rings. The number of benzene rings is 3. The van der Waals surface area contributed by atoms with Gasteiger partial charge in [0, 0.05) is 10.6 Å². The monoisotopic (exact) mass is 703 g/mol. The second kappa shape index (κ2) is 14.1. The van der Waals surface area contributed by atoms with Crippen LogP contribution < -0.4 is 9.47 Å². The van der Waals surface area contributed by atoms with Crippen molar-refractivity contribution in [1.29, 1.82) is 0 Å². The molecule has 0 unspecified atom stereocenters. The number of aryl methyl sites for hydroxylation is 1. The minimum Gasteiger partial charge on any atom is -0.506 e. The molecular formula is C31H27ClINO6S. The summed E-state index contributed by atoms with van der Waals surface area (Å²) in [4.78, 5) is 30.1. The minimum absolute atomic E-state index is 0.0698. The number of amides is 1. The summed E-state index contributed by atoms with van der Waals surface area (Å²) in [5.74, 6) is -0.479. The Morgan fingerprint density at radius 2 is 1.73 bits per heavy atom. The number of hydrogen-bond acceptors (Lipinski definition) is 7. The SMILES string of the molecule is CCOC(=O)C1=C(O)/C(=C/c2cc(I)c(OCc3ccc(Cl)cc3)c(OCC)c2)SC1=NC(=O)c1ccc(C)cc1. The summed E-state index contributed by atoms with van der Waals surface area (Å²) in [5, 5.41) is 11.8. The van der Waals surface area contributed by atoms with E-state index in [1.54, 1.807) is 55.5 Å². The third kappa shape index (κ3) is 7.72. The third-order valence-corrected chi connectivity index (χ3v) is 7.87. The second-order valence-electron chi connectivity index (χ2n) is 8.82. The van der Waals surface area contributed by atoms with Crippen LogP contribution in [0.2, 0.25) is 5.02 Å². The maximum atomic E-state index is 12.9. The van der Waals surface area contributed by atoms with Crippen LogP contribution in [0.1, 0.15) is 40.9 Å². The van der Waals surface area contributed by atoms with Gasteiger partial charge in [0.25, 0.3) is 5.91 Å². The predicted molar refractivity (Wildman–Crippen MR) is 171 cm³/mol. The quantitative estimate of drug-likeness (QED) is 0.179. The van der Waals surface area contributed by atoms with Gasteiger partial charge in [0.2, 0.25) is 0 Å². The molecule has 0 saturated carbocycles. The molecule has 0 radical (unpaired) electrons. The number of esters is 1. The zero-order valence-corrected chi connectivity index (χ0v) is 26.3. The number of nitrogens with zero attached hydrogens (tertiary/aromatic N) is 1. The van der Waals surface area contributed by atoms with Crippen molar-refractivity contribution in [2.75, 3.05) is 13.2 Å². The Bertz CT molecular complexity index is 1550. The molecule has 1 heterocycles. The van der Waals surface area contributed by atoms with Gasteiger partial charge in [-0.2, -0.15) is 0 Å². The average molecular weight is 704 g/mol. The van der Waals surface area contributed by atoms with Crippen LogP contribution in [0, 0.1) is 10.5 Å². The highest BCUT2D eigenvalue weighted by atomic mass is 127. The lowest BCUT2D eigenvalue weighted by molar-refractivity contribution is -0.138. The van der Waals surface area contributed by atoms with E-state index in [0.29, 0.717) is 45.8 Å². The van der Waals surface area contributed by atoms with Crippen LogP contribution in [0.5, 0.6) is 11.5 Å². The van der Waals surface area contributed by atoms with Crippen molar-refractivity contribution in [2.24, 2.45) is 4.99 Å². The van der Waals surface area contributed by atoms with Gasteiger partial charge in [-0.25, -0.2) is 9.79 Å². The Labute approximate surface area is 261 Å². The van der Waals surface area contributed by atoms with E-state index in [9.17, 15) is 14.7 Å². The highest BCUT2D eigenvalue weighted by molar-refractivity contribution is 14.1. The van der Waals surface area contributed by atoms with Gasteiger partial charge in [0.05, 0.1) is 21.7 Å². The van der Waals surface area contributed by atoms with E-state index in [4.69, 9.17) is 25.8 Å². The standard InChI is InChI=1S/C31H27ClINO6S/c1-4-38-24-15-20(14-23(33)28(24)40-17-19-8-12-22(32)13-9-19)16-25-27(35)26(31(37)39-5-2)30(41-25)34-29(36)21-10-6-18(3)7-11-21/h6-16,35H,4-5,17H2,1-3H3/b25-16-,34-30?. The number of carbonyl (C=O) groups is 2. The molecule has 10 heteroatoms. The summed E-state index contributed by atoms with van der Waals surface area (Å²) in [6.45, 7) is 6.30. The molecule has 1 amide bonds. The normalized spacial score (nSPS) is 15.0. The number of thioether (sulfide) groups is 1. The molecule has 0 atom stereocenters. The molecule has 7 nitrogen and oxygen atoms in total. The minimum atomic E-state index is -0.758. The van der Waals surface area contributed by atoms with Crippen molar-refractivity contribution in [3.05, 3.63) is 108 Å². The van der Waals surface area contributed by atoms with E-state index in [2.05, 4.69) is 27.6 Å². The number of aliphatic imine (C=N–C) groups is 1. The van der Waals surface area contributed by atoms with Gasteiger partial charge in [-0.05, 0) is 97.0 Å². The number of ether oxygens (including phenoxy) is 3. The number of hydrogen-bond donors (Lipinski definition) is 1. The van der Waals surface area contributed by atoms with Crippen LogP contribution in [0.25, 0.3) is 6.08 Å². The van der Waals surface area contributed by atoms with Gasteiger partial charge in [-0.3, -0.25) is 4.79 Å². The molecule has 0 bridgehead atoms. The van der Waals surface area contributed by atoms with E-state index in [1.807, 2.05) is 32.0 Å². The van der Waals surface area contributed by atoms with E-state index in [0.717, 1.165) is 26.5 Å². The first-order valence-corrected chi connectivity index (χ1v) is 15.0. The van der Waals surface area contributed by atoms with Gasteiger partial charge in [-0.1, -0.05) is 53.2 Å². The fourth-order valence-electron chi connectivity index (χ4n) is 3.81. The largest absolute Gasteiger partial charge is 0.506 e. The highest BCUT2D eigenvalue weighted by Crippen LogP contribution is 2.41. The average Bonchev–Trinajstić information content (AvgIpc) is 3.23. The molecule has 0 aliphatic carbocycles. The summed E-state index contributed by atoms with van der Waals surface area (Å²) in [5.41, 5.74) is 2.87. The maximum Gasteiger partial charge on any atom is 0.344 e. The molecular weight excluding hydrogens is 677 g/mol. The molecule has 3 aromatic carbocycles. The summed E-state index contributed by atoms with van der Waals surface area (Å²) < 4.78 is 17.9. The Morgan fingerprint density at radius 3 is 2.39 bits per heavy atom. The summed E-state index contributed by atoms with van der Waals surface area (Å²) in [7, 11) is 0. The van der Waals surface area contributed by atoms with Crippen molar-refractivity contribution < 1.29 is 28.9 Å². The first kappa shape index (κ1) is 30.7. The van der Waals surface area contributed by atoms with Gasteiger partial charge < -0.3 is 19.3 Å². The summed E-state index contributed by atoms with van der Waals surface area (Å²) in [6, 6.07) is 18.0. The molecule has 4 rings (SSSR count). The number of halogens is 2. The van der Waals surface area contributed by atoms with Crippen molar-refractivity contribution in [2.45, 2.75) is 27.4 Å². The fraction of sp³-hybridized carbons (Fsp3) is 0.194. The van der Waals surface area contributed by atoms with E-state index in [-0.39, 0.29) is 23.0 Å². The number of rotatable bonds is 9. The number of aliphatic hydroxyl groups excluding tert-OH is 1. The van der Waals surface area contributed by atoms with E-state index in [1.165, 1.54) is 0 Å². The maximum absolute atomic E-state index is 12.9. The first-order chi connectivity index (χ1) is 19.7. The molecule has 1 N–H and O–H groups in total. The summed E-state index contributed by atoms with van der Waals surface area (Å²) in [6.07, 6.45) is 1.70. The summed E-state index contributed by atoms with van der Waals surface area (Å²) >= 11 is 9.17. The molecule has 1 aliphatic rings. The smallest absolute Gasteiger partial charge is 0.344 e. The van der Waals surface area contributed by atoms with E-state index >= 15 is 0 Å². The number of carbonyl (C=O) groups excluding carboxylic acids is 2. The Kier molecular flexibility index (Phi) is 10.5. The van der Waals surface area contributed by atoms with Gasteiger partial charge in [0.15, 0.2) is 11.5 Å².